The third kappa shape index (κ3) is 4.20. The summed E-state index contributed by atoms with van der Waals surface area (Å²) in [6.07, 6.45) is 1.64. The molecule has 5 nitrogen and oxygen atoms in total. The van der Waals surface area contributed by atoms with Crippen LogP contribution >= 0.6 is 15.9 Å². The molecule has 0 bridgehead atoms. The molecule has 0 aromatic heterocycles. The van der Waals surface area contributed by atoms with Gasteiger partial charge >= 0.3 is 5.97 Å². The van der Waals surface area contributed by atoms with Crippen LogP contribution in [-0.2, 0) is 9.59 Å². The van der Waals surface area contributed by atoms with E-state index < -0.39 is 17.6 Å². The Labute approximate surface area is 131 Å². The van der Waals surface area contributed by atoms with Crippen molar-refractivity contribution in [3.8, 4) is 5.75 Å². The van der Waals surface area contributed by atoms with Gasteiger partial charge in [0.2, 0.25) is 0 Å². The van der Waals surface area contributed by atoms with Crippen LogP contribution in [0.15, 0.2) is 28.7 Å². The molecule has 0 saturated heterocycles. The van der Waals surface area contributed by atoms with E-state index >= 15 is 0 Å². The first-order valence-electron chi connectivity index (χ1n) is 6.86. The number of rotatable bonds is 6. The Morgan fingerprint density at radius 1 is 1.38 bits per heavy atom. The summed E-state index contributed by atoms with van der Waals surface area (Å²) in [5.74, 6) is -0.572. The Morgan fingerprint density at radius 2 is 2.00 bits per heavy atom. The van der Waals surface area contributed by atoms with Crippen LogP contribution in [0.4, 0.5) is 0 Å². The standard InChI is InChI=1S/C15H18BrNO4/c1-10(21-12-5-3-11(16)4-6-12)14(20)17-15(7-2-8-15)9-13(18)19/h3-6,10H,2,7-9H2,1H3,(H,17,20)(H,18,19). The van der Waals surface area contributed by atoms with Crippen molar-refractivity contribution in [2.75, 3.05) is 0 Å². The molecule has 6 heteroatoms. The summed E-state index contributed by atoms with van der Waals surface area (Å²) in [4.78, 5) is 23.1. The van der Waals surface area contributed by atoms with Gasteiger partial charge in [0.15, 0.2) is 6.10 Å². The highest BCUT2D eigenvalue weighted by Gasteiger charge is 2.41. The summed E-state index contributed by atoms with van der Waals surface area (Å²) in [7, 11) is 0. The van der Waals surface area contributed by atoms with Crippen LogP contribution < -0.4 is 10.1 Å². The third-order valence-electron chi connectivity index (χ3n) is 3.68. The van der Waals surface area contributed by atoms with Gasteiger partial charge in [-0.3, -0.25) is 9.59 Å². The predicted molar refractivity (Wildman–Crippen MR) is 81.2 cm³/mol. The van der Waals surface area contributed by atoms with Crippen LogP contribution in [0.25, 0.3) is 0 Å². The lowest BCUT2D eigenvalue weighted by atomic mass is 9.74. The van der Waals surface area contributed by atoms with E-state index in [2.05, 4.69) is 21.2 Å². The molecule has 2 N–H and O–H groups in total. The molecular formula is C15H18BrNO4. The number of nitrogens with one attached hydrogen (secondary N) is 1. The van der Waals surface area contributed by atoms with Gasteiger partial charge in [-0.05, 0) is 50.5 Å². The second kappa shape index (κ2) is 6.47. The van der Waals surface area contributed by atoms with Gasteiger partial charge in [-0.2, -0.15) is 0 Å². The molecule has 1 fully saturated rings. The molecule has 1 aliphatic rings. The van der Waals surface area contributed by atoms with Crippen molar-refractivity contribution in [2.24, 2.45) is 0 Å². The molecule has 114 valence electrons. The number of carboxylic acids is 1. The Kier molecular flexibility index (Phi) is 4.88. The van der Waals surface area contributed by atoms with E-state index in [1.54, 1.807) is 19.1 Å². The minimum Gasteiger partial charge on any atom is -0.481 e. The van der Waals surface area contributed by atoms with Gasteiger partial charge in [-0.15, -0.1) is 0 Å². The largest absolute Gasteiger partial charge is 0.481 e. The molecule has 1 aromatic rings. The first kappa shape index (κ1) is 15.8. The first-order valence-corrected chi connectivity index (χ1v) is 7.66. The summed E-state index contributed by atoms with van der Waals surface area (Å²) in [6.45, 7) is 1.66. The van der Waals surface area contributed by atoms with Crippen molar-refractivity contribution in [3.63, 3.8) is 0 Å². The molecule has 0 radical (unpaired) electrons. The summed E-state index contributed by atoms with van der Waals surface area (Å²) >= 11 is 3.33. The van der Waals surface area contributed by atoms with Gasteiger partial charge in [0.05, 0.1) is 12.0 Å². The fraction of sp³-hybridized carbons (Fsp3) is 0.467. The number of aliphatic carboxylic acids is 1. The second-order valence-corrected chi connectivity index (χ2v) is 6.32. The fourth-order valence-electron chi connectivity index (χ4n) is 2.37. The lowest BCUT2D eigenvalue weighted by molar-refractivity contribution is -0.141. The minimum atomic E-state index is -0.892. The Balaban J connectivity index is 1.92. The number of hydrogen-bond acceptors (Lipinski definition) is 3. The van der Waals surface area contributed by atoms with Crippen LogP contribution in [0.1, 0.15) is 32.6 Å². The normalized spacial score (nSPS) is 17.4. The van der Waals surface area contributed by atoms with Crippen molar-refractivity contribution >= 4 is 27.8 Å². The molecule has 0 heterocycles. The van der Waals surface area contributed by atoms with Crippen LogP contribution in [-0.4, -0.2) is 28.6 Å². The van der Waals surface area contributed by atoms with Crippen molar-refractivity contribution < 1.29 is 19.4 Å². The molecule has 2 rings (SSSR count). The average molecular weight is 356 g/mol. The number of carbonyl (C=O) groups excluding carboxylic acids is 1. The maximum Gasteiger partial charge on any atom is 0.305 e. The minimum absolute atomic E-state index is 0.0380. The topological polar surface area (TPSA) is 75.6 Å². The van der Waals surface area contributed by atoms with E-state index in [-0.39, 0.29) is 12.3 Å². The molecule has 1 saturated carbocycles. The van der Waals surface area contributed by atoms with Crippen molar-refractivity contribution in [2.45, 2.75) is 44.2 Å². The van der Waals surface area contributed by atoms with E-state index in [0.717, 1.165) is 10.9 Å². The lowest BCUT2D eigenvalue weighted by Crippen LogP contribution is -2.57. The van der Waals surface area contributed by atoms with Crippen LogP contribution in [0, 0.1) is 0 Å². The lowest BCUT2D eigenvalue weighted by Gasteiger charge is -2.42. The summed E-state index contributed by atoms with van der Waals surface area (Å²) in [5.41, 5.74) is -0.597. The number of halogens is 1. The number of amides is 1. The van der Waals surface area contributed by atoms with E-state index in [0.29, 0.717) is 18.6 Å². The third-order valence-corrected chi connectivity index (χ3v) is 4.21. The van der Waals surface area contributed by atoms with Crippen LogP contribution in [0.3, 0.4) is 0 Å². The second-order valence-electron chi connectivity index (χ2n) is 5.41. The molecule has 21 heavy (non-hydrogen) atoms. The summed E-state index contributed by atoms with van der Waals surface area (Å²) in [5, 5.41) is 11.8. The van der Waals surface area contributed by atoms with E-state index in [4.69, 9.17) is 9.84 Å². The number of benzene rings is 1. The zero-order valence-electron chi connectivity index (χ0n) is 11.8. The van der Waals surface area contributed by atoms with E-state index in [9.17, 15) is 9.59 Å². The molecule has 1 atom stereocenters. The molecule has 0 aliphatic heterocycles. The van der Waals surface area contributed by atoms with Gasteiger partial charge in [-0.25, -0.2) is 0 Å². The molecule has 0 spiro atoms. The van der Waals surface area contributed by atoms with Crippen LogP contribution in [0.2, 0.25) is 0 Å². The highest BCUT2D eigenvalue weighted by molar-refractivity contribution is 9.10. The molecule has 1 aliphatic carbocycles. The smallest absolute Gasteiger partial charge is 0.305 e. The Bertz CT molecular complexity index is 525. The number of carboxylic acid groups (broad SMARTS) is 1. The predicted octanol–water partition coefficient (Wildman–Crippen LogP) is 2.73. The quantitative estimate of drug-likeness (QED) is 0.822. The summed E-state index contributed by atoms with van der Waals surface area (Å²) < 4.78 is 6.50. The monoisotopic (exact) mass is 355 g/mol. The fourth-order valence-corrected chi connectivity index (χ4v) is 2.64. The van der Waals surface area contributed by atoms with E-state index in [1.807, 2.05) is 12.1 Å². The number of hydrogen-bond donors (Lipinski definition) is 2. The zero-order valence-corrected chi connectivity index (χ0v) is 13.4. The highest BCUT2D eigenvalue weighted by atomic mass is 79.9. The summed E-state index contributed by atoms with van der Waals surface area (Å²) in [6, 6.07) is 7.20. The molecule has 1 aromatic carbocycles. The van der Waals surface area contributed by atoms with Gasteiger partial charge in [-0.1, -0.05) is 15.9 Å². The van der Waals surface area contributed by atoms with Crippen molar-refractivity contribution in [1.82, 2.24) is 5.32 Å². The van der Waals surface area contributed by atoms with Crippen LogP contribution in [0.5, 0.6) is 5.75 Å². The van der Waals surface area contributed by atoms with E-state index in [1.165, 1.54) is 0 Å². The Morgan fingerprint density at radius 3 is 2.48 bits per heavy atom. The number of carbonyl (C=O) groups is 2. The molecule has 1 amide bonds. The molecule has 1 unspecified atom stereocenters. The highest BCUT2D eigenvalue weighted by Crippen LogP contribution is 2.35. The van der Waals surface area contributed by atoms with Gasteiger partial charge in [0, 0.05) is 4.47 Å². The van der Waals surface area contributed by atoms with Gasteiger partial charge < -0.3 is 15.2 Å². The van der Waals surface area contributed by atoms with Crippen molar-refractivity contribution in [3.05, 3.63) is 28.7 Å². The van der Waals surface area contributed by atoms with Gasteiger partial charge in [0.1, 0.15) is 5.75 Å². The first-order chi connectivity index (χ1) is 9.90. The maximum absolute atomic E-state index is 12.2. The van der Waals surface area contributed by atoms with Gasteiger partial charge in [0.25, 0.3) is 5.91 Å². The SMILES string of the molecule is CC(Oc1ccc(Br)cc1)C(=O)NC1(CC(=O)O)CCC1. The number of ether oxygens (including phenoxy) is 1. The average Bonchev–Trinajstić information content (AvgIpc) is 2.38. The maximum atomic E-state index is 12.2. The van der Waals surface area contributed by atoms with Crippen molar-refractivity contribution in [1.29, 1.82) is 0 Å². The molecular weight excluding hydrogens is 338 g/mol. The zero-order chi connectivity index (χ0) is 15.5. The Hall–Kier alpha value is -1.56.